The average molecular weight is 337 g/mol. The zero-order chi connectivity index (χ0) is 15.6. The van der Waals surface area contributed by atoms with Crippen molar-refractivity contribution in [1.29, 1.82) is 0 Å². The van der Waals surface area contributed by atoms with Crippen molar-refractivity contribution in [1.82, 2.24) is 8.61 Å². The minimum absolute atomic E-state index is 0.144. The predicted octanol–water partition coefficient (Wildman–Crippen LogP) is 1.61. The summed E-state index contributed by atoms with van der Waals surface area (Å²) in [5.41, 5.74) is 0.144. The first-order chi connectivity index (χ1) is 9.87. The van der Waals surface area contributed by atoms with E-state index >= 15 is 0 Å². The number of halogens is 2. The maximum atomic E-state index is 13.8. The monoisotopic (exact) mass is 336 g/mol. The van der Waals surface area contributed by atoms with Gasteiger partial charge in [-0.2, -0.15) is 17.0 Å². The van der Waals surface area contributed by atoms with E-state index in [-0.39, 0.29) is 23.7 Å². The largest absolute Gasteiger partial charge is 0.395 e. The molecule has 1 fully saturated rings. The number of aliphatic hydroxyl groups is 1. The van der Waals surface area contributed by atoms with E-state index in [1.165, 1.54) is 29.6 Å². The minimum atomic E-state index is -3.75. The van der Waals surface area contributed by atoms with E-state index in [4.69, 9.17) is 11.6 Å². The highest BCUT2D eigenvalue weighted by Gasteiger charge is 2.36. The van der Waals surface area contributed by atoms with Crippen molar-refractivity contribution in [3.63, 3.8) is 0 Å². The molecule has 1 atom stereocenters. The highest BCUT2D eigenvalue weighted by atomic mass is 35.5. The Hall–Kier alpha value is -0.730. The van der Waals surface area contributed by atoms with E-state index in [0.717, 1.165) is 4.31 Å². The fraction of sp³-hybridized carbons (Fsp3) is 0.538. The number of nitrogens with zero attached hydrogens (tertiary/aromatic N) is 2. The van der Waals surface area contributed by atoms with Gasteiger partial charge in [0.1, 0.15) is 5.82 Å². The summed E-state index contributed by atoms with van der Waals surface area (Å²) in [4.78, 5) is 0. The first-order valence-electron chi connectivity index (χ1n) is 6.64. The molecule has 8 heteroatoms. The summed E-state index contributed by atoms with van der Waals surface area (Å²) in [6, 6.07) is 3.83. The number of benzene rings is 1. The lowest BCUT2D eigenvalue weighted by Crippen LogP contribution is -2.45. The van der Waals surface area contributed by atoms with Gasteiger partial charge in [-0.1, -0.05) is 17.7 Å². The lowest BCUT2D eigenvalue weighted by Gasteiger charge is -2.28. The van der Waals surface area contributed by atoms with Crippen LogP contribution in [-0.4, -0.2) is 48.4 Å². The highest BCUT2D eigenvalue weighted by molar-refractivity contribution is 7.86. The van der Waals surface area contributed by atoms with Gasteiger partial charge in [0.25, 0.3) is 10.2 Å². The maximum Gasteiger partial charge on any atom is 0.282 e. The molecule has 0 unspecified atom stereocenters. The predicted molar refractivity (Wildman–Crippen MR) is 78.6 cm³/mol. The quantitative estimate of drug-likeness (QED) is 0.888. The van der Waals surface area contributed by atoms with E-state index in [0.29, 0.717) is 19.4 Å². The van der Waals surface area contributed by atoms with Crippen LogP contribution in [0.25, 0.3) is 0 Å². The molecule has 1 aromatic carbocycles. The summed E-state index contributed by atoms with van der Waals surface area (Å²) in [5.74, 6) is -0.537. The van der Waals surface area contributed by atoms with Gasteiger partial charge in [-0.3, -0.25) is 0 Å². The van der Waals surface area contributed by atoms with Crippen LogP contribution in [-0.2, 0) is 16.8 Å². The summed E-state index contributed by atoms with van der Waals surface area (Å²) in [6.07, 6.45) is 1.34. The molecule has 21 heavy (non-hydrogen) atoms. The van der Waals surface area contributed by atoms with Crippen LogP contribution in [0, 0.1) is 5.82 Å². The summed E-state index contributed by atoms with van der Waals surface area (Å²) in [7, 11) is -2.37. The van der Waals surface area contributed by atoms with Crippen LogP contribution in [0.15, 0.2) is 18.2 Å². The van der Waals surface area contributed by atoms with Crippen molar-refractivity contribution in [3.8, 4) is 0 Å². The highest BCUT2D eigenvalue weighted by Crippen LogP contribution is 2.26. The average Bonchev–Trinajstić information content (AvgIpc) is 2.92. The second-order valence-electron chi connectivity index (χ2n) is 5.05. The number of hydrogen-bond acceptors (Lipinski definition) is 3. The first kappa shape index (κ1) is 16.6. The second-order valence-corrected chi connectivity index (χ2v) is 7.45. The molecular weight excluding hydrogens is 319 g/mol. The number of hydrogen-bond donors (Lipinski definition) is 1. The molecule has 118 valence electrons. The van der Waals surface area contributed by atoms with Gasteiger partial charge in [-0.25, -0.2) is 4.39 Å². The van der Waals surface area contributed by atoms with Crippen LogP contribution in [0.3, 0.4) is 0 Å². The molecule has 0 spiro atoms. The molecular formula is C13H18ClFN2O3S. The fourth-order valence-corrected chi connectivity index (χ4v) is 4.24. The first-order valence-corrected chi connectivity index (χ1v) is 8.42. The van der Waals surface area contributed by atoms with Gasteiger partial charge in [0.05, 0.1) is 6.61 Å². The van der Waals surface area contributed by atoms with E-state index in [9.17, 15) is 17.9 Å². The summed E-state index contributed by atoms with van der Waals surface area (Å²) < 4.78 is 41.1. The van der Waals surface area contributed by atoms with Gasteiger partial charge in [0.2, 0.25) is 0 Å². The van der Waals surface area contributed by atoms with Gasteiger partial charge in [0, 0.05) is 36.8 Å². The summed E-state index contributed by atoms with van der Waals surface area (Å²) in [6.45, 7) is -0.00107. The van der Waals surface area contributed by atoms with Crippen molar-refractivity contribution in [2.24, 2.45) is 0 Å². The topological polar surface area (TPSA) is 60.9 Å². The van der Waals surface area contributed by atoms with Crippen LogP contribution in [0.2, 0.25) is 5.02 Å². The lowest BCUT2D eigenvalue weighted by atomic mass is 10.2. The number of aliphatic hydroxyl groups excluding tert-OH is 1. The molecule has 1 aliphatic heterocycles. The third-order valence-electron chi connectivity index (χ3n) is 3.67. The lowest BCUT2D eigenvalue weighted by molar-refractivity contribution is 0.207. The SMILES string of the molecule is CN(Cc1c(F)cccc1Cl)S(=O)(=O)N1CCC[C@@H]1CO. The second kappa shape index (κ2) is 6.58. The Labute approximate surface area is 129 Å². The Balaban J connectivity index is 2.21. The van der Waals surface area contributed by atoms with E-state index in [1.807, 2.05) is 0 Å². The van der Waals surface area contributed by atoms with Gasteiger partial charge >= 0.3 is 0 Å². The summed E-state index contributed by atoms with van der Waals surface area (Å²) in [5, 5.41) is 9.45. The molecule has 1 heterocycles. The normalized spacial score (nSPS) is 20.3. The van der Waals surface area contributed by atoms with Crippen LogP contribution < -0.4 is 0 Å². The fourth-order valence-electron chi connectivity index (χ4n) is 2.46. The van der Waals surface area contributed by atoms with Crippen LogP contribution in [0.1, 0.15) is 18.4 Å². The Morgan fingerprint density at radius 2 is 2.24 bits per heavy atom. The standard InChI is InChI=1S/C13H18ClFN2O3S/c1-16(8-11-12(14)5-2-6-13(11)15)21(19,20)17-7-3-4-10(17)9-18/h2,5-6,10,18H,3-4,7-9H2,1H3/t10-/m1/s1. The molecule has 0 amide bonds. The molecule has 1 aromatic rings. The van der Waals surface area contributed by atoms with E-state index in [1.54, 1.807) is 0 Å². The van der Waals surface area contributed by atoms with Crippen LogP contribution in [0.4, 0.5) is 4.39 Å². The van der Waals surface area contributed by atoms with Crippen LogP contribution in [0.5, 0.6) is 0 Å². The molecule has 0 bridgehead atoms. The zero-order valence-electron chi connectivity index (χ0n) is 11.7. The third-order valence-corrected chi connectivity index (χ3v) is 6.01. The third kappa shape index (κ3) is 3.37. The van der Waals surface area contributed by atoms with Gasteiger partial charge in [-0.05, 0) is 25.0 Å². The molecule has 0 aromatic heterocycles. The van der Waals surface area contributed by atoms with E-state index in [2.05, 4.69) is 0 Å². The van der Waals surface area contributed by atoms with Gasteiger partial charge < -0.3 is 5.11 Å². The Morgan fingerprint density at radius 1 is 1.52 bits per heavy atom. The molecule has 1 aliphatic rings. The van der Waals surface area contributed by atoms with Crippen molar-refractivity contribution < 1.29 is 17.9 Å². The van der Waals surface area contributed by atoms with Crippen molar-refractivity contribution in [2.75, 3.05) is 20.2 Å². The Kier molecular flexibility index (Phi) is 5.21. The van der Waals surface area contributed by atoms with Crippen molar-refractivity contribution in [3.05, 3.63) is 34.6 Å². The molecule has 0 radical (unpaired) electrons. The molecule has 2 rings (SSSR count). The van der Waals surface area contributed by atoms with Gasteiger partial charge in [-0.15, -0.1) is 0 Å². The van der Waals surface area contributed by atoms with Gasteiger partial charge in [0.15, 0.2) is 0 Å². The molecule has 0 saturated carbocycles. The van der Waals surface area contributed by atoms with Crippen LogP contribution >= 0.6 is 11.6 Å². The van der Waals surface area contributed by atoms with E-state index < -0.39 is 22.1 Å². The number of rotatable bonds is 5. The Morgan fingerprint density at radius 3 is 2.86 bits per heavy atom. The molecule has 1 saturated heterocycles. The zero-order valence-corrected chi connectivity index (χ0v) is 13.2. The molecule has 1 N–H and O–H groups in total. The molecule has 0 aliphatic carbocycles. The maximum absolute atomic E-state index is 13.8. The minimum Gasteiger partial charge on any atom is -0.395 e. The van der Waals surface area contributed by atoms with Crippen molar-refractivity contribution in [2.45, 2.75) is 25.4 Å². The smallest absolute Gasteiger partial charge is 0.282 e. The van der Waals surface area contributed by atoms with Crippen molar-refractivity contribution >= 4 is 21.8 Å². The summed E-state index contributed by atoms with van der Waals surface area (Å²) >= 11 is 5.92. The molecule has 5 nitrogen and oxygen atoms in total. The Bertz CT molecular complexity index is 591.